The van der Waals surface area contributed by atoms with Crippen LogP contribution >= 0.6 is 15.9 Å². The van der Waals surface area contributed by atoms with Gasteiger partial charge in [-0.05, 0) is 18.2 Å². The highest BCUT2D eigenvalue weighted by molar-refractivity contribution is 9.10. The second kappa shape index (κ2) is 5.13. The third kappa shape index (κ3) is 2.53. The molecule has 2 aromatic rings. The molecule has 0 saturated carbocycles. The monoisotopic (exact) mass is 327 g/mol. The molecule has 19 heavy (non-hydrogen) atoms. The fourth-order valence-electron chi connectivity index (χ4n) is 1.77. The molecule has 1 aromatic heterocycles. The summed E-state index contributed by atoms with van der Waals surface area (Å²) in [6.07, 6.45) is 0. The number of benzene rings is 1. The summed E-state index contributed by atoms with van der Waals surface area (Å²) in [5.41, 5.74) is 0.0180. The lowest BCUT2D eigenvalue weighted by Crippen LogP contribution is -2.03. The lowest BCUT2D eigenvalue weighted by Gasteiger charge is -2.03. The summed E-state index contributed by atoms with van der Waals surface area (Å²) in [7, 11) is 0. The number of halogens is 2. The first-order valence-corrected chi connectivity index (χ1v) is 6.39. The van der Waals surface area contributed by atoms with Crippen molar-refractivity contribution in [3.63, 3.8) is 0 Å². The van der Waals surface area contributed by atoms with Crippen molar-refractivity contribution in [3.05, 3.63) is 39.8 Å². The molecule has 4 nitrogen and oxygen atoms in total. The van der Waals surface area contributed by atoms with E-state index in [4.69, 9.17) is 4.52 Å². The molecule has 0 aliphatic rings. The smallest absolute Gasteiger partial charge is 0.341 e. The Balaban J connectivity index is 2.69. The summed E-state index contributed by atoms with van der Waals surface area (Å²) in [4.78, 5) is 11.3. The van der Waals surface area contributed by atoms with Gasteiger partial charge < -0.3 is 9.63 Å². The maximum Gasteiger partial charge on any atom is 0.341 e. The first-order valence-electron chi connectivity index (χ1n) is 5.60. The summed E-state index contributed by atoms with van der Waals surface area (Å²) in [6, 6.07) is 4.25. The molecule has 2 rings (SSSR count). The number of aromatic carboxylic acids is 1. The van der Waals surface area contributed by atoms with Crippen LogP contribution in [-0.4, -0.2) is 16.2 Å². The van der Waals surface area contributed by atoms with Crippen LogP contribution in [0.2, 0.25) is 0 Å². The number of carbonyl (C=O) groups is 1. The number of nitrogens with zero attached hydrogens (tertiary/aromatic N) is 1. The molecule has 0 bridgehead atoms. The van der Waals surface area contributed by atoms with Gasteiger partial charge in [0.1, 0.15) is 17.1 Å². The third-order valence-corrected chi connectivity index (χ3v) is 3.13. The molecule has 0 spiro atoms. The molecule has 0 radical (unpaired) electrons. The van der Waals surface area contributed by atoms with E-state index in [1.807, 2.05) is 0 Å². The number of carboxylic acids is 1. The van der Waals surface area contributed by atoms with Gasteiger partial charge in [-0.1, -0.05) is 34.9 Å². The van der Waals surface area contributed by atoms with Crippen LogP contribution in [0.1, 0.15) is 35.9 Å². The number of hydrogen-bond donors (Lipinski definition) is 1. The van der Waals surface area contributed by atoms with E-state index in [1.54, 1.807) is 13.8 Å². The zero-order valence-electron chi connectivity index (χ0n) is 10.3. The Labute approximate surface area is 117 Å². The van der Waals surface area contributed by atoms with E-state index >= 15 is 0 Å². The number of rotatable bonds is 3. The van der Waals surface area contributed by atoms with E-state index in [9.17, 15) is 14.3 Å². The molecule has 1 aromatic carbocycles. The largest absolute Gasteiger partial charge is 0.477 e. The van der Waals surface area contributed by atoms with Crippen LogP contribution in [0.3, 0.4) is 0 Å². The topological polar surface area (TPSA) is 63.3 Å². The van der Waals surface area contributed by atoms with Gasteiger partial charge in [0.05, 0.1) is 0 Å². The third-order valence-electron chi connectivity index (χ3n) is 2.64. The molecule has 1 heterocycles. The van der Waals surface area contributed by atoms with Gasteiger partial charge in [-0.25, -0.2) is 9.18 Å². The summed E-state index contributed by atoms with van der Waals surface area (Å²) < 4.78 is 19.5. The fraction of sp³-hybridized carbons (Fsp3) is 0.231. The average molecular weight is 328 g/mol. The molecule has 0 unspecified atom stereocenters. The van der Waals surface area contributed by atoms with Crippen molar-refractivity contribution in [2.24, 2.45) is 0 Å². The van der Waals surface area contributed by atoms with Crippen LogP contribution in [0.5, 0.6) is 0 Å². The van der Waals surface area contributed by atoms with E-state index in [0.29, 0.717) is 4.47 Å². The van der Waals surface area contributed by atoms with E-state index in [-0.39, 0.29) is 28.5 Å². The minimum absolute atomic E-state index is 0.00926. The van der Waals surface area contributed by atoms with E-state index in [0.717, 1.165) is 0 Å². The number of carboxylic acid groups (broad SMARTS) is 1. The SMILES string of the molecule is CC(C)c1onc(-c2cc(Br)ccc2F)c1C(=O)O. The van der Waals surface area contributed by atoms with Gasteiger partial charge in [0.15, 0.2) is 5.76 Å². The Bertz CT molecular complexity index is 637. The Morgan fingerprint density at radius 1 is 1.47 bits per heavy atom. The van der Waals surface area contributed by atoms with E-state index in [1.165, 1.54) is 18.2 Å². The quantitative estimate of drug-likeness (QED) is 0.923. The van der Waals surface area contributed by atoms with Crippen molar-refractivity contribution < 1.29 is 18.8 Å². The number of hydrogen-bond acceptors (Lipinski definition) is 3. The maximum atomic E-state index is 13.8. The average Bonchev–Trinajstić information content (AvgIpc) is 2.76. The van der Waals surface area contributed by atoms with Crippen molar-refractivity contribution in [2.45, 2.75) is 19.8 Å². The molecule has 0 atom stereocenters. The van der Waals surface area contributed by atoms with Crippen LogP contribution in [0, 0.1) is 5.82 Å². The van der Waals surface area contributed by atoms with Gasteiger partial charge in [0.25, 0.3) is 0 Å². The number of aromatic nitrogens is 1. The Hall–Kier alpha value is -1.69. The zero-order valence-corrected chi connectivity index (χ0v) is 11.9. The highest BCUT2D eigenvalue weighted by atomic mass is 79.9. The van der Waals surface area contributed by atoms with Crippen LogP contribution in [0.15, 0.2) is 27.2 Å². The predicted octanol–water partition coefficient (Wildman–Crippen LogP) is 4.06. The molecule has 0 aliphatic carbocycles. The van der Waals surface area contributed by atoms with Crippen LogP contribution in [-0.2, 0) is 0 Å². The Morgan fingerprint density at radius 3 is 2.74 bits per heavy atom. The molecule has 100 valence electrons. The Kier molecular flexibility index (Phi) is 3.71. The highest BCUT2D eigenvalue weighted by Gasteiger charge is 2.26. The molecular weight excluding hydrogens is 317 g/mol. The first kappa shape index (κ1) is 13.7. The van der Waals surface area contributed by atoms with E-state index in [2.05, 4.69) is 21.1 Å². The lowest BCUT2D eigenvalue weighted by molar-refractivity contribution is 0.0694. The molecule has 0 saturated heterocycles. The van der Waals surface area contributed by atoms with Crippen molar-refractivity contribution in [3.8, 4) is 11.3 Å². The van der Waals surface area contributed by atoms with Crippen molar-refractivity contribution >= 4 is 21.9 Å². The minimum atomic E-state index is -1.18. The summed E-state index contributed by atoms with van der Waals surface area (Å²) in [5, 5.41) is 13.0. The minimum Gasteiger partial charge on any atom is -0.477 e. The lowest BCUT2D eigenvalue weighted by atomic mass is 10.0. The van der Waals surface area contributed by atoms with Gasteiger partial charge in [0.2, 0.25) is 0 Å². The normalized spacial score (nSPS) is 11.0. The fourth-order valence-corrected chi connectivity index (χ4v) is 2.13. The molecule has 0 fully saturated rings. The molecular formula is C13H11BrFNO3. The van der Waals surface area contributed by atoms with Crippen molar-refractivity contribution in [1.82, 2.24) is 5.16 Å². The van der Waals surface area contributed by atoms with Crippen molar-refractivity contribution in [1.29, 1.82) is 0 Å². The molecule has 1 N–H and O–H groups in total. The van der Waals surface area contributed by atoms with Crippen LogP contribution < -0.4 is 0 Å². The summed E-state index contributed by atoms with van der Waals surface area (Å²) in [6.45, 7) is 3.57. The Morgan fingerprint density at radius 2 is 2.16 bits per heavy atom. The predicted molar refractivity (Wildman–Crippen MR) is 70.6 cm³/mol. The second-order valence-corrected chi connectivity index (χ2v) is 5.27. The summed E-state index contributed by atoms with van der Waals surface area (Å²) >= 11 is 3.22. The first-order chi connectivity index (χ1) is 8.91. The van der Waals surface area contributed by atoms with Gasteiger partial charge in [-0.2, -0.15) is 0 Å². The van der Waals surface area contributed by atoms with Crippen LogP contribution in [0.25, 0.3) is 11.3 Å². The van der Waals surface area contributed by atoms with Crippen molar-refractivity contribution in [2.75, 3.05) is 0 Å². The van der Waals surface area contributed by atoms with Crippen LogP contribution in [0.4, 0.5) is 4.39 Å². The molecule has 0 aliphatic heterocycles. The van der Waals surface area contributed by atoms with Gasteiger partial charge in [-0.15, -0.1) is 0 Å². The second-order valence-electron chi connectivity index (χ2n) is 4.35. The summed E-state index contributed by atoms with van der Waals surface area (Å²) in [5.74, 6) is -1.64. The molecule has 0 amide bonds. The molecule has 6 heteroatoms. The standard InChI is InChI=1S/C13H11BrFNO3/c1-6(2)12-10(13(17)18)11(16-19-12)8-5-7(14)3-4-9(8)15/h3-6H,1-2H3,(H,17,18). The highest BCUT2D eigenvalue weighted by Crippen LogP contribution is 2.32. The van der Waals surface area contributed by atoms with Gasteiger partial charge >= 0.3 is 5.97 Å². The van der Waals surface area contributed by atoms with E-state index < -0.39 is 11.8 Å². The van der Waals surface area contributed by atoms with Gasteiger partial charge in [0, 0.05) is 16.0 Å². The zero-order chi connectivity index (χ0) is 14.2. The van der Waals surface area contributed by atoms with Gasteiger partial charge in [-0.3, -0.25) is 0 Å². The maximum absolute atomic E-state index is 13.8.